The number of carbonyl (C=O) groups excluding carboxylic acids is 1. The SMILES string of the molecule is Cc1cc(F)c(NC(=O)C2(C#N)CCOCC2)cc1F. The average Bonchev–Trinajstić information content (AvgIpc) is 2.45. The summed E-state index contributed by atoms with van der Waals surface area (Å²) < 4.78 is 32.2. The molecule has 0 aliphatic carbocycles. The van der Waals surface area contributed by atoms with Gasteiger partial charge in [-0.05, 0) is 31.4 Å². The molecule has 0 aromatic heterocycles. The van der Waals surface area contributed by atoms with Crippen molar-refractivity contribution in [2.24, 2.45) is 5.41 Å². The van der Waals surface area contributed by atoms with E-state index in [1.54, 1.807) is 0 Å². The average molecular weight is 280 g/mol. The van der Waals surface area contributed by atoms with Crippen molar-refractivity contribution in [2.75, 3.05) is 18.5 Å². The van der Waals surface area contributed by atoms with Crippen molar-refractivity contribution in [3.8, 4) is 6.07 Å². The Bertz CT molecular complexity index is 575. The lowest BCUT2D eigenvalue weighted by atomic mass is 9.81. The van der Waals surface area contributed by atoms with E-state index < -0.39 is 23.0 Å². The quantitative estimate of drug-likeness (QED) is 0.905. The van der Waals surface area contributed by atoms with Crippen molar-refractivity contribution in [1.82, 2.24) is 0 Å². The summed E-state index contributed by atoms with van der Waals surface area (Å²) in [6.07, 6.45) is 0.483. The summed E-state index contributed by atoms with van der Waals surface area (Å²) in [7, 11) is 0. The Morgan fingerprint density at radius 3 is 2.60 bits per heavy atom. The molecule has 0 radical (unpaired) electrons. The van der Waals surface area contributed by atoms with Crippen LogP contribution in [-0.2, 0) is 9.53 Å². The number of anilines is 1. The molecular weight excluding hydrogens is 266 g/mol. The number of nitrogens with zero attached hydrogens (tertiary/aromatic N) is 1. The molecule has 1 aromatic rings. The molecular formula is C14H14F2N2O2. The Kier molecular flexibility index (Phi) is 4.00. The molecule has 0 atom stereocenters. The highest BCUT2D eigenvalue weighted by molar-refractivity contribution is 5.97. The first kappa shape index (κ1) is 14.4. The molecule has 1 aliphatic rings. The van der Waals surface area contributed by atoms with Gasteiger partial charge in [0.15, 0.2) is 0 Å². The second-order valence-electron chi connectivity index (χ2n) is 4.84. The molecule has 0 unspecified atom stereocenters. The van der Waals surface area contributed by atoms with Gasteiger partial charge in [-0.3, -0.25) is 4.79 Å². The second kappa shape index (κ2) is 5.55. The van der Waals surface area contributed by atoms with Crippen molar-refractivity contribution < 1.29 is 18.3 Å². The summed E-state index contributed by atoms with van der Waals surface area (Å²) in [5.74, 6) is -1.96. The number of amides is 1. The number of nitriles is 1. The lowest BCUT2D eigenvalue weighted by Crippen LogP contribution is -2.40. The van der Waals surface area contributed by atoms with Gasteiger partial charge in [-0.2, -0.15) is 5.26 Å². The standard InChI is InChI=1S/C14H14F2N2O2/c1-9-6-11(16)12(7-10(9)15)18-13(19)14(8-17)2-4-20-5-3-14/h6-7H,2-5H2,1H3,(H,18,19). The molecule has 0 saturated carbocycles. The molecule has 106 valence electrons. The molecule has 1 amide bonds. The van der Waals surface area contributed by atoms with Crippen LogP contribution in [0.25, 0.3) is 0 Å². The Labute approximate surface area is 115 Å². The minimum atomic E-state index is -1.24. The molecule has 1 aromatic carbocycles. The van der Waals surface area contributed by atoms with Crippen molar-refractivity contribution in [3.63, 3.8) is 0 Å². The van der Waals surface area contributed by atoms with Gasteiger partial charge in [0.1, 0.15) is 17.0 Å². The Morgan fingerprint density at radius 2 is 2.00 bits per heavy atom. The van der Waals surface area contributed by atoms with E-state index in [-0.39, 0.29) is 24.1 Å². The van der Waals surface area contributed by atoms with Crippen LogP contribution in [0.15, 0.2) is 12.1 Å². The molecule has 1 aliphatic heterocycles. The fourth-order valence-electron chi connectivity index (χ4n) is 2.09. The van der Waals surface area contributed by atoms with Gasteiger partial charge >= 0.3 is 0 Å². The smallest absolute Gasteiger partial charge is 0.245 e. The highest BCUT2D eigenvalue weighted by Gasteiger charge is 2.40. The maximum Gasteiger partial charge on any atom is 0.245 e. The Balaban J connectivity index is 2.23. The van der Waals surface area contributed by atoms with Gasteiger partial charge in [0.05, 0.1) is 11.8 Å². The van der Waals surface area contributed by atoms with E-state index in [4.69, 9.17) is 4.74 Å². The molecule has 2 rings (SSSR count). The van der Waals surface area contributed by atoms with Gasteiger partial charge < -0.3 is 10.1 Å². The van der Waals surface area contributed by atoms with Crippen LogP contribution in [0.4, 0.5) is 14.5 Å². The van der Waals surface area contributed by atoms with Gasteiger partial charge in [0.2, 0.25) is 5.91 Å². The van der Waals surface area contributed by atoms with E-state index in [0.29, 0.717) is 13.2 Å². The summed E-state index contributed by atoms with van der Waals surface area (Å²) in [5, 5.41) is 11.5. The first-order valence-electron chi connectivity index (χ1n) is 6.24. The van der Waals surface area contributed by atoms with Gasteiger partial charge in [0, 0.05) is 19.3 Å². The van der Waals surface area contributed by atoms with Gasteiger partial charge in [-0.15, -0.1) is 0 Å². The zero-order chi connectivity index (χ0) is 14.8. The summed E-state index contributed by atoms with van der Waals surface area (Å²) in [5.41, 5.74) is -1.34. The zero-order valence-electron chi connectivity index (χ0n) is 11.0. The predicted molar refractivity (Wildman–Crippen MR) is 67.8 cm³/mol. The van der Waals surface area contributed by atoms with Crippen LogP contribution in [-0.4, -0.2) is 19.1 Å². The normalized spacial score (nSPS) is 17.3. The Morgan fingerprint density at radius 1 is 1.35 bits per heavy atom. The molecule has 1 heterocycles. The Hall–Kier alpha value is -2.00. The number of aryl methyl sites for hydroxylation is 1. The summed E-state index contributed by atoms with van der Waals surface area (Å²) in [6, 6.07) is 3.91. The fourth-order valence-corrected chi connectivity index (χ4v) is 2.09. The number of carbonyl (C=O) groups is 1. The number of nitrogens with one attached hydrogen (secondary N) is 1. The van der Waals surface area contributed by atoms with Crippen LogP contribution in [0.2, 0.25) is 0 Å². The van der Waals surface area contributed by atoms with Crippen LogP contribution in [0.5, 0.6) is 0 Å². The number of benzene rings is 1. The van der Waals surface area contributed by atoms with Crippen LogP contribution < -0.4 is 5.32 Å². The molecule has 1 saturated heterocycles. The maximum absolute atomic E-state index is 13.7. The molecule has 20 heavy (non-hydrogen) atoms. The fraction of sp³-hybridized carbons (Fsp3) is 0.429. The highest BCUT2D eigenvalue weighted by atomic mass is 19.1. The van der Waals surface area contributed by atoms with E-state index in [1.165, 1.54) is 6.92 Å². The number of hydrogen-bond donors (Lipinski definition) is 1. The largest absolute Gasteiger partial charge is 0.381 e. The molecule has 0 bridgehead atoms. The van der Waals surface area contributed by atoms with Crippen LogP contribution >= 0.6 is 0 Å². The number of ether oxygens (including phenoxy) is 1. The molecule has 4 nitrogen and oxygen atoms in total. The van der Waals surface area contributed by atoms with Gasteiger partial charge in [-0.25, -0.2) is 8.78 Å². The highest BCUT2D eigenvalue weighted by Crippen LogP contribution is 2.32. The molecule has 6 heteroatoms. The zero-order valence-corrected chi connectivity index (χ0v) is 11.0. The topological polar surface area (TPSA) is 62.1 Å². The number of halogens is 2. The minimum absolute atomic E-state index is 0.154. The van der Waals surface area contributed by atoms with Crippen molar-refractivity contribution in [2.45, 2.75) is 19.8 Å². The first-order chi connectivity index (χ1) is 9.48. The summed E-state index contributed by atoms with van der Waals surface area (Å²) in [6.45, 7) is 2.02. The predicted octanol–water partition coefficient (Wildman–Crippen LogP) is 2.53. The van der Waals surface area contributed by atoms with E-state index in [1.807, 2.05) is 6.07 Å². The summed E-state index contributed by atoms with van der Waals surface area (Å²) >= 11 is 0. The van der Waals surface area contributed by atoms with Crippen molar-refractivity contribution in [1.29, 1.82) is 5.26 Å². The molecule has 0 spiro atoms. The molecule has 1 fully saturated rings. The van der Waals surface area contributed by atoms with Crippen LogP contribution in [0.1, 0.15) is 18.4 Å². The number of hydrogen-bond acceptors (Lipinski definition) is 3. The third-order valence-corrected chi connectivity index (χ3v) is 3.49. The monoisotopic (exact) mass is 280 g/mol. The van der Waals surface area contributed by atoms with Crippen molar-refractivity contribution in [3.05, 3.63) is 29.3 Å². The third-order valence-electron chi connectivity index (χ3n) is 3.49. The lowest BCUT2D eigenvalue weighted by Gasteiger charge is -2.29. The van der Waals surface area contributed by atoms with Crippen LogP contribution in [0.3, 0.4) is 0 Å². The van der Waals surface area contributed by atoms with E-state index >= 15 is 0 Å². The van der Waals surface area contributed by atoms with E-state index in [0.717, 1.165) is 12.1 Å². The number of rotatable bonds is 2. The maximum atomic E-state index is 13.7. The van der Waals surface area contributed by atoms with E-state index in [9.17, 15) is 18.8 Å². The van der Waals surface area contributed by atoms with E-state index in [2.05, 4.69) is 5.32 Å². The lowest BCUT2D eigenvalue weighted by molar-refractivity contribution is -0.126. The van der Waals surface area contributed by atoms with Gasteiger partial charge in [-0.1, -0.05) is 0 Å². The van der Waals surface area contributed by atoms with Crippen LogP contribution in [0, 0.1) is 35.3 Å². The third kappa shape index (κ3) is 2.63. The second-order valence-corrected chi connectivity index (χ2v) is 4.84. The van der Waals surface area contributed by atoms with Gasteiger partial charge in [0.25, 0.3) is 0 Å². The summed E-state index contributed by atoms with van der Waals surface area (Å²) in [4.78, 5) is 12.2. The van der Waals surface area contributed by atoms with Crippen molar-refractivity contribution >= 4 is 11.6 Å². The molecule has 1 N–H and O–H groups in total. The minimum Gasteiger partial charge on any atom is -0.381 e. The first-order valence-corrected chi connectivity index (χ1v) is 6.24.